The van der Waals surface area contributed by atoms with E-state index in [4.69, 9.17) is 5.73 Å². The second-order valence-electron chi connectivity index (χ2n) is 5.84. The number of likely N-dealkylation sites (tertiary alicyclic amines) is 1. The molecule has 1 fully saturated rings. The van der Waals surface area contributed by atoms with E-state index < -0.39 is 0 Å². The van der Waals surface area contributed by atoms with Gasteiger partial charge in [-0.1, -0.05) is 38.1 Å². The van der Waals surface area contributed by atoms with Gasteiger partial charge in [0.1, 0.15) is 0 Å². The molecule has 1 aromatic carbocycles. The summed E-state index contributed by atoms with van der Waals surface area (Å²) in [6.45, 7) is 8.87. The maximum Gasteiger partial charge on any atom is 0.0233 e. The molecule has 1 aliphatic rings. The van der Waals surface area contributed by atoms with Gasteiger partial charge < -0.3 is 5.73 Å². The van der Waals surface area contributed by atoms with Crippen LogP contribution in [0.5, 0.6) is 0 Å². The standard InChI is InChI=1S/C16H26N2/c1-13-7-9-18(10-8-13)12-15-3-5-16(6-4-15)14(2)11-17/h3-6,13-14H,7-12,17H2,1-2H3. The molecule has 18 heavy (non-hydrogen) atoms. The minimum Gasteiger partial charge on any atom is -0.330 e. The van der Waals surface area contributed by atoms with Gasteiger partial charge in [-0.3, -0.25) is 4.90 Å². The predicted octanol–water partition coefficient (Wildman–Crippen LogP) is 2.98. The lowest BCUT2D eigenvalue weighted by Gasteiger charge is -2.30. The Hall–Kier alpha value is -0.860. The molecule has 1 unspecified atom stereocenters. The fourth-order valence-corrected chi connectivity index (χ4v) is 2.57. The zero-order chi connectivity index (χ0) is 13.0. The Morgan fingerprint density at radius 1 is 1.22 bits per heavy atom. The van der Waals surface area contributed by atoms with Crippen LogP contribution >= 0.6 is 0 Å². The van der Waals surface area contributed by atoms with Gasteiger partial charge in [-0.25, -0.2) is 0 Å². The SMILES string of the molecule is CC1CCN(Cc2ccc(C(C)CN)cc2)CC1. The average molecular weight is 246 g/mol. The van der Waals surface area contributed by atoms with E-state index in [2.05, 4.69) is 43.0 Å². The highest BCUT2D eigenvalue weighted by Gasteiger charge is 2.15. The molecule has 0 bridgehead atoms. The van der Waals surface area contributed by atoms with Crippen molar-refractivity contribution in [1.29, 1.82) is 0 Å². The summed E-state index contributed by atoms with van der Waals surface area (Å²) < 4.78 is 0. The second-order valence-corrected chi connectivity index (χ2v) is 5.84. The van der Waals surface area contributed by atoms with Crippen LogP contribution in [0.4, 0.5) is 0 Å². The Morgan fingerprint density at radius 2 is 1.83 bits per heavy atom. The van der Waals surface area contributed by atoms with Crippen molar-refractivity contribution in [2.45, 2.75) is 39.2 Å². The molecule has 0 saturated carbocycles. The maximum absolute atomic E-state index is 5.70. The largest absolute Gasteiger partial charge is 0.330 e. The predicted molar refractivity (Wildman–Crippen MR) is 77.6 cm³/mol. The van der Waals surface area contributed by atoms with Gasteiger partial charge in [0.2, 0.25) is 0 Å². The molecule has 1 heterocycles. The molecule has 2 nitrogen and oxygen atoms in total. The normalized spacial score (nSPS) is 19.9. The topological polar surface area (TPSA) is 29.3 Å². The van der Waals surface area contributed by atoms with E-state index in [0.717, 1.165) is 19.0 Å². The van der Waals surface area contributed by atoms with Crippen molar-refractivity contribution in [1.82, 2.24) is 4.90 Å². The third-order valence-corrected chi connectivity index (χ3v) is 4.18. The Kier molecular flexibility index (Phi) is 4.79. The van der Waals surface area contributed by atoms with Crippen LogP contribution < -0.4 is 5.73 Å². The molecular weight excluding hydrogens is 220 g/mol. The Morgan fingerprint density at radius 3 is 2.39 bits per heavy atom. The fraction of sp³-hybridized carbons (Fsp3) is 0.625. The van der Waals surface area contributed by atoms with Crippen LogP contribution in [0.15, 0.2) is 24.3 Å². The van der Waals surface area contributed by atoms with E-state index in [9.17, 15) is 0 Å². The molecule has 2 rings (SSSR count). The lowest BCUT2D eigenvalue weighted by molar-refractivity contribution is 0.185. The molecule has 0 radical (unpaired) electrons. The van der Waals surface area contributed by atoms with E-state index in [1.165, 1.54) is 37.1 Å². The Labute approximate surface area is 111 Å². The second kappa shape index (κ2) is 6.35. The number of piperidine rings is 1. The minimum absolute atomic E-state index is 0.467. The van der Waals surface area contributed by atoms with E-state index in [0.29, 0.717) is 5.92 Å². The Bertz CT molecular complexity index is 350. The van der Waals surface area contributed by atoms with E-state index in [-0.39, 0.29) is 0 Å². The van der Waals surface area contributed by atoms with Crippen LogP contribution in [0.25, 0.3) is 0 Å². The van der Waals surface area contributed by atoms with Gasteiger partial charge in [0.15, 0.2) is 0 Å². The summed E-state index contributed by atoms with van der Waals surface area (Å²) in [6.07, 6.45) is 2.70. The van der Waals surface area contributed by atoms with Crippen molar-refractivity contribution < 1.29 is 0 Å². The average Bonchev–Trinajstić information content (AvgIpc) is 2.41. The van der Waals surface area contributed by atoms with Gasteiger partial charge in [0, 0.05) is 6.54 Å². The van der Waals surface area contributed by atoms with Gasteiger partial charge in [-0.05, 0) is 55.4 Å². The molecule has 0 aromatic heterocycles. The van der Waals surface area contributed by atoms with Crippen LogP contribution in [0.3, 0.4) is 0 Å². The first-order valence-electron chi connectivity index (χ1n) is 7.20. The molecular formula is C16H26N2. The van der Waals surface area contributed by atoms with Gasteiger partial charge in [0.25, 0.3) is 0 Å². The smallest absolute Gasteiger partial charge is 0.0233 e. The molecule has 1 atom stereocenters. The van der Waals surface area contributed by atoms with E-state index in [1.54, 1.807) is 0 Å². The highest BCUT2D eigenvalue weighted by atomic mass is 15.1. The first-order valence-corrected chi connectivity index (χ1v) is 7.20. The zero-order valence-corrected chi connectivity index (χ0v) is 11.7. The highest BCUT2D eigenvalue weighted by Crippen LogP contribution is 2.19. The van der Waals surface area contributed by atoms with Crippen LogP contribution in [-0.2, 0) is 6.54 Å². The summed E-state index contributed by atoms with van der Waals surface area (Å²) in [7, 11) is 0. The van der Waals surface area contributed by atoms with Crippen molar-refractivity contribution in [3.8, 4) is 0 Å². The summed E-state index contributed by atoms with van der Waals surface area (Å²) in [6, 6.07) is 9.00. The first kappa shape index (κ1) is 13.6. The third kappa shape index (κ3) is 3.56. The van der Waals surface area contributed by atoms with Gasteiger partial charge in [0.05, 0.1) is 0 Å². The quantitative estimate of drug-likeness (QED) is 0.885. The summed E-state index contributed by atoms with van der Waals surface area (Å²) in [5, 5.41) is 0. The third-order valence-electron chi connectivity index (χ3n) is 4.18. The number of hydrogen-bond acceptors (Lipinski definition) is 2. The summed E-state index contributed by atoms with van der Waals surface area (Å²) in [5.41, 5.74) is 8.48. The molecule has 2 heteroatoms. The molecule has 100 valence electrons. The maximum atomic E-state index is 5.70. The number of nitrogens with zero attached hydrogens (tertiary/aromatic N) is 1. The molecule has 0 spiro atoms. The molecule has 0 amide bonds. The summed E-state index contributed by atoms with van der Waals surface area (Å²) in [4.78, 5) is 2.57. The van der Waals surface area contributed by atoms with Crippen molar-refractivity contribution in [2.75, 3.05) is 19.6 Å². The van der Waals surface area contributed by atoms with Gasteiger partial charge in [-0.15, -0.1) is 0 Å². The van der Waals surface area contributed by atoms with Crippen LogP contribution in [0.2, 0.25) is 0 Å². The van der Waals surface area contributed by atoms with Crippen LogP contribution in [0.1, 0.15) is 43.7 Å². The summed E-state index contributed by atoms with van der Waals surface area (Å²) in [5.74, 6) is 1.38. The van der Waals surface area contributed by atoms with Crippen molar-refractivity contribution in [2.24, 2.45) is 11.7 Å². The highest BCUT2D eigenvalue weighted by molar-refractivity contribution is 5.25. The number of benzene rings is 1. The summed E-state index contributed by atoms with van der Waals surface area (Å²) >= 11 is 0. The lowest BCUT2D eigenvalue weighted by Crippen LogP contribution is -2.32. The zero-order valence-electron chi connectivity index (χ0n) is 11.7. The van der Waals surface area contributed by atoms with E-state index >= 15 is 0 Å². The van der Waals surface area contributed by atoms with E-state index in [1.807, 2.05) is 0 Å². The number of rotatable bonds is 4. The lowest BCUT2D eigenvalue weighted by atomic mass is 9.97. The van der Waals surface area contributed by atoms with Crippen molar-refractivity contribution in [3.63, 3.8) is 0 Å². The van der Waals surface area contributed by atoms with Crippen LogP contribution in [0, 0.1) is 5.92 Å². The molecule has 0 aliphatic carbocycles. The molecule has 1 aromatic rings. The molecule has 1 aliphatic heterocycles. The number of hydrogen-bond donors (Lipinski definition) is 1. The van der Waals surface area contributed by atoms with Gasteiger partial charge >= 0.3 is 0 Å². The molecule has 1 saturated heterocycles. The fourth-order valence-electron chi connectivity index (χ4n) is 2.57. The van der Waals surface area contributed by atoms with Crippen molar-refractivity contribution >= 4 is 0 Å². The first-order chi connectivity index (χ1) is 8.69. The molecule has 2 N–H and O–H groups in total. The van der Waals surface area contributed by atoms with Crippen LogP contribution in [-0.4, -0.2) is 24.5 Å². The monoisotopic (exact) mass is 246 g/mol. The minimum atomic E-state index is 0.467. The van der Waals surface area contributed by atoms with Crippen molar-refractivity contribution in [3.05, 3.63) is 35.4 Å². The number of nitrogens with two attached hydrogens (primary N) is 1. The van der Waals surface area contributed by atoms with Gasteiger partial charge in [-0.2, -0.15) is 0 Å². The Balaban J connectivity index is 1.90.